The molecule has 0 unspecified atom stereocenters. The van der Waals surface area contributed by atoms with Crippen molar-refractivity contribution < 1.29 is 39.5 Å². The molecule has 5 nitrogen and oxygen atoms in total. The summed E-state index contributed by atoms with van der Waals surface area (Å²) in [6.07, 6.45) is -7.52. The third kappa shape index (κ3) is 6.60. The van der Waals surface area contributed by atoms with Crippen LogP contribution in [0.15, 0.2) is 73.1 Å². The van der Waals surface area contributed by atoms with E-state index >= 15 is 0 Å². The predicted molar refractivity (Wildman–Crippen MR) is 108 cm³/mol. The quantitative estimate of drug-likeness (QED) is 0.394. The Bertz CT molecular complexity index is 1180. The average molecular weight is 490 g/mol. The Balaban J connectivity index is 2.09. The van der Waals surface area contributed by atoms with Crippen molar-refractivity contribution in [2.24, 2.45) is 0 Å². The first-order chi connectivity index (χ1) is 15.4. The number of rotatable bonds is 7. The monoisotopic (exact) mass is 490 g/mol. The third-order valence-electron chi connectivity index (χ3n) is 4.26. The zero-order chi connectivity index (χ0) is 24.3. The largest absolute Gasteiger partial charge is 0.457 e. The van der Waals surface area contributed by atoms with Gasteiger partial charge in [-0.2, -0.15) is 26.3 Å². The summed E-state index contributed by atoms with van der Waals surface area (Å²) in [5, 5.41) is 0. The van der Waals surface area contributed by atoms with E-state index < -0.39 is 51.7 Å². The fourth-order valence-electron chi connectivity index (χ4n) is 2.89. The van der Waals surface area contributed by atoms with Crippen LogP contribution in [-0.2, 0) is 22.7 Å². The fraction of sp³-hybridized carbons (Fsp3) is 0.190. The topological polar surface area (TPSA) is 59.5 Å². The average Bonchev–Trinajstić information content (AvgIpc) is 2.71. The highest BCUT2D eigenvalue weighted by atomic mass is 32.2. The highest BCUT2D eigenvalue weighted by Gasteiger charge is 2.40. The smallest absolute Gasteiger partial charge is 0.420 e. The number of alkyl halides is 6. The van der Waals surface area contributed by atoms with Crippen LogP contribution in [0.3, 0.4) is 0 Å². The van der Waals surface area contributed by atoms with Crippen LogP contribution >= 0.6 is 0 Å². The van der Waals surface area contributed by atoms with E-state index in [-0.39, 0.29) is 15.6 Å². The first kappa shape index (κ1) is 24.4. The molecule has 0 aliphatic carbocycles. The Labute approximate surface area is 185 Å². The number of ether oxygens (including phenoxy) is 1. The lowest BCUT2D eigenvalue weighted by Gasteiger charge is -2.26. The molecule has 12 heteroatoms. The predicted octanol–water partition coefficient (Wildman–Crippen LogP) is 5.79. The third-order valence-corrected chi connectivity index (χ3v) is 5.96. The van der Waals surface area contributed by atoms with E-state index in [2.05, 4.69) is 4.98 Å². The van der Waals surface area contributed by atoms with E-state index in [9.17, 15) is 34.8 Å². The van der Waals surface area contributed by atoms with Crippen molar-refractivity contribution in [2.75, 3.05) is 10.1 Å². The molecule has 0 aliphatic rings. The van der Waals surface area contributed by atoms with Gasteiger partial charge < -0.3 is 4.74 Å². The highest BCUT2D eigenvalue weighted by Crippen LogP contribution is 2.41. The van der Waals surface area contributed by atoms with Crippen molar-refractivity contribution in [3.63, 3.8) is 0 Å². The van der Waals surface area contributed by atoms with Crippen molar-refractivity contribution >= 4 is 15.7 Å². The Morgan fingerprint density at radius 1 is 0.909 bits per heavy atom. The van der Waals surface area contributed by atoms with Gasteiger partial charge in [-0.15, -0.1) is 0 Å². The number of hydrogen-bond acceptors (Lipinski definition) is 4. The Kier molecular flexibility index (Phi) is 6.86. The summed E-state index contributed by atoms with van der Waals surface area (Å²) >= 11 is 0. The molecule has 0 spiro atoms. The minimum atomic E-state index is -5.10. The summed E-state index contributed by atoms with van der Waals surface area (Å²) < 4.78 is 111. The van der Waals surface area contributed by atoms with Gasteiger partial charge in [0.2, 0.25) is 10.0 Å². The number of nitrogens with zero attached hydrogens (tertiary/aromatic N) is 2. The number of benzene rings is 2. The van der Waals surface area contributed by atoms with Crippen LogP contribution in [0.1, 0.15) is 11.1 Å². The number of hydrogen-bond donors (Lipinski definition) is 0. The number of aromatic nitrogens is 1. The number of pyridine rings is 1. The molecule has 0 aliphatic heterocycles. The van der Waals surface area contributed by atoms with Crippen LogP contribution in [-0.4, -0.2) is 25.3 Å². The molecule has 2 aromatic carbocycles. The zero-order valence-corrected chi connectivity index (χ0v) is 17.5. The molecule has 0 bridgehead atoms. The number of sulfonamides is 1. The standard InChI is InChI=1S/C21H16F6N2O3S/c22-20(23,24)14-33(30,31)29(13-15-5-4-10-28-12-15)16-8-9-19(18(11-16)21(25,26)27)32-17-6-2-1-3-7-17/h1-12H,13-14H2. The van der Waals surface area contributed by atoms with E-state index in [1.807, 2.05) is 0 Å². The lowest BCUT2D eigenvalue weighted by Crippen LogP contribution is -2.37. The molecule has 0 radical (unpaired) electrons. The van der Waals surface area contributed by atoms with Gasteiger partial charge in [-0.1, -0.05) is 24.3 Å². The van der Waals surface area contributed by atoms with Crippen LogP contribution in [0.5, 0.6) is 11.5 Å². The second-order valence-corrected chi connectivity index (χ2v) is 8.73. The van der Waals surface area contributed by atoms with Gasteiger partial charge >= 0.3 is 12.4 Å². The molecule has 1 heterocycles. The molecule has 3 rings (SSSR count). The van der Waals surface area contributed by atoms with Gasteiger partial charge in [-0.05, 0) is 42.0 Å². The molecular formula is C21H16F6N2O3S. The van der Waals surface area contributed by atoms with Gasteiger partial charge in [0, 0.05) is 12.4 Å². The van der Waals surface area contributed by atoms with Gasteiger partial charge in [0.1, 0.15) is 17.1 Å². The van der Waals surface area contributed by atoms with Gasteiger partial charge in [0.15, 0.2) is 5.75 Å². The molecule has 0 saturated heterocycles. The number of para-hydroxylation sites is 1. The Morgan fingerprint density at radius 3 is 2.18 bits per heavy atom. The van der Waals surface area contributed by atoms with E-state index in [0.717, 1.165) is 12.1 Å². The maximum Gasteiger partial charge on any atom is 0.420 e. The van der Waals surface area contributed by atoms with Crippen LogP contribution in [0, 0.1) is 0 Å². The van der Waals surface area contributed by atoms with Crippen LogP contribution < -0.4 is 9.04 Å². The summed E-state index contributed by atoms with van der Waals surface area (Å²) in [6, 6.07) is 12.6. The van der Waals surface area contributed by atoms with Gasteiger partial charge in [0.25, 0.3) is 0 Å². The first-order valence-corrected chi connectivity index (χ1v) is 10.9. The van der Waals surface area contributed by atoms with E-state index in [0.29, 0.717) is 6.07 Å². The summed E-state index contributed by atoms with van der Waals surface area (Å²) in [7, 11) is -5.09. The van der Waals surface area contributed by atoms with Crippen molar-refractivity contribution in [3.8, 4) is 11.5 Å². The second kappa shape index (κ2) is 9.30. The van der Waals surface area contributed by atoms with Crippen molar-refractivity contribution in [1.82, 2.24) is 4.98 Å². The highest BCUT2D eigenvalue weighted by molar-refractivity contribution is 7.92. The molecule has 176 valence electrons. The molecule has 0 saturated carbocycles. The molecule has 0 atom stereocenters. The molecular weight excluding hydrogens is 474 g/mol. The zero-order valence-electron chi connectivity index (χ0n) is 16.6. The second-order valence-electron chi connectivity index (χ2n) is 6.83. The minimum absolute atomic E-state index is 0.0904. The Morgan fingerprint density at radius 2 is 1.61 bits per heavy atom. The van der Waals surface area contributed by atoms with E-state index in [1.165, 1.54) is 48.8 Å². The van der Waals surface area contributed by atoms with Crippen LogP contribution in [0.2, 0.25) is 0 Å². The molecule has 0 fully saturated rings. The molecule has 0 amide bonds. The van der Waals surface area contributed by atoms with E-state index in [4.69, 9.17) is 4.74 Å². The van der Waals surface area contributed by atoms with Crippen LogP contribution in [0.4, 0.5) is 32.0 Å². The fourth-order valence-corrected chi connectivity index (χ4v) is 4.24. The van der Waals surface area contributed by atoms with Gasteiger partial charge in [0.05, 0.1) is 12.2 Å². The maximum atomic E-state index is 13.8. The SMILES string of the molecule is O=S(=O)(CC(F)(F)F)N(Cc1cccnc1)c1ccc(Oc2ccccc2)c(C(F)(F)F)c1. The molecule has 33 heavy (non-hydrogen) atoms. The summed E-state index contributed by atoms with van der Waals surface area (Å²) in [4.78, 5) is 3.76. The summed E-state index contributed by atoms with van der Waals surface area (Å²) in [5.74, 6) is -2.79. The summed E-state index contributed by atoms with van der Waals surface area (Å²) in [5.41, 5.74) is -1.76. The Hall–Kier alpha value is -3.28. The van der Waals surface area contributed by atoms with Crippen LogP contribution in [0.25, 0.3) is 0 Å². The lowest BCUT2D eigenvalue weighted by molar-refractivity contribution is -0.138. The minimum Gasteiger partial charge on any atom is -0.457 e. The van der Waals surface area contributed by atoms with Gasteiger partial charge in [-0.3, -0.25) is 9.29 Å². The molecule has 1 aromatic heterocycles. The van der Waals surface area contributed by atoms with Crippen molar-refractivity contribution in [3.05, 3.63) is 84.2 Å². The van der Waals surface area contributed by atoms with Gasteiger partial charge in [-0.25, -0.2) is 8.42 Å². The normalized spacial score (nSPS) is 12.4. The van der Waals surface area contributed by atoms with E-state index in [1.54, 1.807) is 6.07 Å². The molecule has 0 N–H and O–H groups in total. The van der Waals surface area contributed by atoms with Crippen molar-refractivity contribution in [2.45, 2.75) is 18.9 Å². The number of halogens is 6. The maximum absolute atomic E-state index is 13.8. The molecule has 3 aromatic rings. The van der Waals surface area contributed by atoms with Crippen molar-refractivity contribution in [1.29, 1.82) is 0 Å². The first-order valence-electron chi connectivity index (χ1n) is 9.25. The number of anilines is 1. The lowest BCUT2D eigenvalue weighted by atomic mass is 10.1. The summed E-state index contributed by atoms with van der Waals surface area (Å²) in [6.45, 7) is -0.650.